The average Bonchev–Trinajstić information content (AvgIpc) is 2.33. The second-order valence-corrected chi connectivity index (χ2v) is 4.72. The fraction of sp³-hybridized carbons (Fsp3) is 0.250. The largest absolute Gasteiger partial charge is 0.289 e. The summed E-state index contributed by atoms with van der Waals surface area (Å²) in [6, 6.07) is 7.67. The summed E-state index contributed by atoms with van der Waals surface area (Å²) >= 11 is 0. The first-order valence-corrected chi connectivity index (χ1v) is 6.05. The predicted octanol–water partition coefficient (Wildman–Crippen LogP) is 3.55. The minimum Gasteiger partial charge on any atom is -0.289 e. The molecule has 2 nitrogen and oxygen atoms in total. The van der Waals surface area contributed by atoms with E-state index in [9.17, 15) is 4.79 Å². The van der Waals surface area contributed by atoms with Crippen LogP contribution < -0.4 is 0 Å². The number of hydrogen-bond acceptors (Lipinski definition) is 2. The van der Waals surface area contributed by atoms with Crippen molar-refractivity contribution in [1.82, 2.24) is 4.98 Å². The van der Waals surface area contributed by atoms with E-state index in [1.165, 1.54) is 5.56 Å². The molecule has 0 saturated carbocycles. The van der Waals surface area contributed by atoms with Gasteiger partial charge in [-0.2, -0.15) is 0 Å². The first-order chi connectivity index (χ1) is 8.50. The highest BCUT2D eigenvalue weighted by atomic mass is 16.1. The van der Waals surface area contributed by atoms with Gasteiger partial charge >= 0.3 is 0 Å². The van der Waals surface area contributed by atoms with Gasteiger partial charge in [0.1, 0.15) is 0 Å². The molecule has 0 saturated heterocycles. The van der Waals surface area contributed by atoms with Gasteiger partial charge < -0.3 is 0 Å². The monoisotopic (exact) mass is 239 g/mol. The zero-order chi connectivity index (χ0) is 13.3. The predicted molar refractivity (Wildman–Crippen MR) is 73.1 cm³/mol. The van der Waals surface area contributed by atoms with Gasteiger partial charge in [-0.15, -0.1) is 0 Å². The van der Waals surface area contributed by atoms with E-state index in [0.717, 1.165) is 22.4 Å². The number of carbonyl (C=O) groups excluding carboxylic acids is 1. The van der Waals surface area contributed by atoms with Gasteiger partial charge in [0, 0.05) is 23.0 Å². The van der Waals surface area contributed by atoms with Gasteiger partial charge in [-0.05, 0) is 62.6 Å². The maximum atomic E-state index is 12.5. The quantitative estimate of drug-likeness (QED) is 0.750. The van der Waals surface area contributed by atoms with E-state index in [1.807, 2.05) is 32.9 Å². The first kappa shape index (κ1) is 12.5. The Balaban J connectivity index is 2.53. The highest BCUT2D eigenvalue weighted by Crippen LogP contribution is 2.19. The minimum absolute atomic E-state index is 0.0567. The van der Waals surface area contributed by atoms with Crippen LogP contribution in [0.5, 0.6) is 0 Å². The molecule has 0 aliphatic rings. The van der Waals surface area contributed by atoms with Crippen LogP contribution in [0, 0.1) is 27.7 Å². The van der Waals surface area contributed by atoms with Crippen molar-refractivity contribution in [2.45, 2.75) is 27.7 Å². The fourth-order valence-electron chi connectivity index (χ4n) is 2.07. The number of nitrogens with zero attached hydrogens (tertiary/aromatic N) is 1. The fourth-order valence-corrected chi connectivity index (χ4v) is 2.07. The molecule has 2 rings (SSSR count). The van der Waals surface area contributed by atoms with Crippen molar-refractivity contribution in [2.24, 2.45) is 0 Å². The van der Waals surface area contributed by atoms with Crippen LogP contribution in [0.25, 0.3) is 0 Å². The first-order valence-electron chi connectivity index (χ1n) is 6.05. The molecular formula is C16H17NO. The molecule has 0 radical (unpaired) electrons. The van der Waals surface area contributed by atoms with Crippen LogP contribution in [-0.4, -0.2) is 10.8 Å². The number of aryl methyl sites for hydroxylation is 4. The Kier molecular flexibility index (Phi) is 3.28. The Morgan fingerprint density at radius 1 is 0.944 bits per heavy atom. The summed E-state index contributed by atoms with van der Waals surface area (Å²) in [6.07, 6.45) is 1.71. The molecule has 0 unspecified atom stereocenters. The highest BCUT2D eigenvalue weighted by molar-refractivity contribution is 6.10. The highest BCUT2D eigenvalue weighted by Gasteiger charge is 2.15. The van der Waals surface area contributed by atoms with Crippen molar-refractivity contribution in [1.29, 1.82) is 0 Å². The lowest BCUT2D eigenvalue weighted by Crippen LogP contribution is -2.07. The minimum atomic E-state index is 0.0567. The third-order valence-electron chi connectivity index (χ3n) is 3.34. The van der Waals surface area contributed by atoms with Gasteiger partial charge in [-0.1, -0.05) is 6.07 Å². The second kappa shape index (κ2) is 4.73. The molecular weight excluding hydrogens is 222 g/mol. The zero-order valence-corrected chi connectivity index (χ0v) is 11.2. The zero-order valence-electron chi connectivity index (χ0n) is 11.2. The lowest BCUT2D eigenvalue weighted by Gasteiger charge is -2.10. The molecule has 0 amide bonds. The number of pyridine rings is 1. The molecule has 0 aliphatic carbocycles. The van der Waals surface area contributed by atoms with Crippen LogP contribution in [0.15, 0.2) is 30.5 Å². The van der Waals surface area contributed by atoms with Gasteiger partial charge in [0.2, 0.25) is 0 Å². The molecule has 2 heteroatoms. The van der Waals surface area contributed by atoms with E-state index in [2.05, 4.69) is 18.0 Å². The van der Waals surface area contributed by atoms with E-state index in [1.54, 1.807) is 12.3 Å². The van der Waals surface area contributed by atoms with Crippen LogP contribution in [0.4, 0.5) is 0 Å². The maximum absolute atomic E-state index is 12.5. The Labute approximate surface area is 108 Å². The molecule has 0 fully saturated rings. The van der Waals surface area contributed by atoms with Crippen LogP contribution in [-0.2, 0) is 0 Å². The molecule has 0 N–H and O–H groups in total. The van der Waals surface area contributed by atoms with E-state index in [0.29, 0.717) is 5.56 Å². The van der Waals surface area contributed by atoms with Crippen molar-refractivity contribution < 1.29 is 4.79 Å². The van der Waals surface area contributed by atoms with E-state index < -0.39 is 0 Å². The molecule has 0 aliphatic heterocycles. The topological polar surface area (TPSA) is 30.0 Å². The molecule has 92 valence electrons. The lowest BCUT2D eigenvalue weighted by atomic mass is 9.94. The molecule has 0 atom stereocenters. The van der Waals surface area contributed by atoms with E-state index in [4.69, 9.17) is 0 Å². The number of benzene rings is 1. The molecule has 2 aromatic rings. The number of rotatable bonds is 2. The van der Waals surface area contributed by atoms with Gasteiger partial charge in [-0.3, -0.25) is 9.78 Å². The van der Waals surface area contributed by atoms with Gasteiger partial charge in [0.05, 0.1) is 0 Å². The van der Waals surface area contributed by atoms with E-state index >= 15 is 0 Å². The van der Waals surface area contributed by atoms with Gasteiger partial charge in [0.25, 0.3) is 0 Å². The summed E-state index contributed by atoms with van der Waals surface area (Å²) in [5, 5.41) is 0. The van der Waals surface area contributed by atoms with Crippen molar-refractivity contribution in [3.8, 4) is 0 Å². The normalized spacial score (nSPS) is 10.4. The number of carbonyl (C=O) groups is 1. The second-order valence-electron chi connectivity index (χ2n) is 4.72. The van der Waals surface area contributed by atoms with Crippen molar-refractivity contribution in [3.63, 3.8) is 0 Å². The summed E-state index contributed by atoms with van der Waals surface area (Å²) in [4.78, 5) is 16.7. The van der Waals surface area contributed by atoms with Gasteiger partial charge in [0.15, 0.2) is 5.78 Å². The third kappa shape index (κ3) is 2.19. The number of hydrogen-bond donors (Lipinski definition) is 0. The van der Waals surface area contributed by atoms with Crippen LogP contribution in [0.1, 0.15) is 38.3 Å². The lowest BCUT2D eigenvalue weighted by molar-refractivity contribution is 0.103. The molecule has 1 aromatic heterocycles. The summed E-state index contributed by atoms with van der Waals surface area (Å²) in [6.45, 7) is 7.93. The van der Waals surface area contributed by atoms with Crippen molar-refractivity contribution in [2.75, 3.05) is 0 Å². The average molecular weight is 239 g/mol. The summed E-state index contributed by atoms with van der Waals surface area (Å²) in [5.74, 6) is 0.0567. The van der Waals surface area contributed by atoms with Crippen LogP contribution >= 0.6 is 0 Å². The molecule has 1 aromatic carbocycles. The molecule has 18 heavy (non-hydrogen) atoms. The Morgan fingerprint density at radius 2 is 1.61 bits per heavy atom. The van der Waals surface area contributed by atoms with E-state index in [-0.39, 0.29) is 5.78 Å². The Morgan fingerprint density at radius 3 is 2.28 bits per heavy atom. The van der Waals surface area contributed by atoms with Crippen LogP contribution in [0.3, 0.4) is 0 Å². The summed E-state index contributed by atoms with van der Waals surface area (Å²) < 4.78 is 0. The van der Waals surface area contributed by atoms with Crippen molar-refractivity contribution in [3.05, 3.63) is 64.0 Å². The summed E-state index contributed by atoms with van der Waals surface area (Å²) in [7, 11) is 0. The Bertz CT molecular complexity index is 614. The number of ketones is 1. The Hall–Kier alpha value is -1.96. The van der Waals surface area contributed by atoms with Crippen molar-refractivity contribution >= 4 is 5.78 Å². The third-order valence-corrected chi connectivity index (χ3v) is 3.34. The number of aromatic nitrogens is 1. The summed E-state index contributed by atoms with van der Waals surface area (Å²) in [5.41, 5.74) is 5.61. The smallest absolute Gasteiger partial charge is 0.195 e. The molecule has 0 bridgehead atoms. The molecule has 0 spiro atoms. The van der Waals surface area contributed by atoms with Crippen LogP contribution in [0.2, 0.25) is 0 Å². The maximum Gasteiger partial charge on any atom is 0.195 e. The standard InChI is InChI=1S/C16H17NO/c1-10-8-12(3)15(9-11(10)2)16(18)14-6-5-7-17-13(14)4/h5-9H,1-4H3. The SMILES string of the molecule is Cc1cc(C)c(C(=O)c2cccnc2C)cc1C. The molecule has 1 heterocycles. The van der Waals surface area contributed by atoms with Gasteiger partial charge in [-0.25, -0.2) is 0 Å².